The van der Waals surface area contributed by atoms with Crippen molar-refractivity contribution < 1.29 is 9.59 Å². The van der Waals surface area contributed by atoms with Crippen LogP contribution in [-0.4, -0.2) is 38.6 Å². The summed E-state index contributed by atoms with van der Waals surface area (Å²) in [7, 11) is 0. The number of nitrogens with zero attached hydrogens (tertiary/aromatic N) is 4. The third-order valence-corrected chi connectivity index (χ3v) is 7.27. The van der Waals surface area contributed by atoms with Crippen molar-refractivity contribution in [2.24, 2.45) is 23.2 Å². The van der Waals surface area contributed by atoms with Crippen LogP contribution in [0.25, 0.3) is 5.69 Å². The van der Waals surface area contributed by atoms with Crippen LogP contribution in [0.2, 0.25) is 0 Å². The summed E-state index contributed by atoms with van der Waals surface area (Å²) in [5.41, 5.74) is 2.29. The summed E-state index contributed by atoms with van der Waals surface area (Å²) in [6.07, 6.45) is 8.84. The summed E-state index contributed by atoms with van der Waals surface area (Å²) in [5, 5.41) is 17.2. The number of carbonyl (C=O) groups excluding carboxylic acids is 2. The monoisotopic (exact) mass is 408 g/mol. The number of tetrazole rings is 1. The highest BCUT2D eigenvalue weighted by molar-refractivity contribution is 5.92. The van der Waals surface area contributed by atoms with Crippen molar-refractivity contribution in [3.05, 3.63) is 30.1 Å². The molecule has 6 rings (SSSR count). The van der Waals surface area contributed by atoms with Crippen LogP contribution in [0.5, 0.6) is 0 Å². The Kier molecular flexibility index (Phi) is 4.79. The Labute approximate surface area is 175 Å². The van der Waals surface area contributed by atoms with Crippen LogP contribution in [0.3, 0.4) is 0 Å². The molecular formula is C22H28N6O2. The van der Waals surface area contributed by atoms with Crippen molar-refractivity contribution in [2.75, 3.05) is 11.9 Å². The highest BCUT2D eigenvalue weighted by atomic mass is 16.2. The SMILES string of the molecule is Cc1ccc(-n2cnnn2)cc1NC(=O)CCNC(=O)C12CC3CC(CC(C3)C1)C2. The summed E-state index contributed by atoms with van der Waals surface area (Å²) < 4.78 is 1.54. The summed E-state index contributed by atoms with van der Waals surface area (Å²) in [4.78, 5) is 25.5. The third kappa shape index (κ3) is 3.59. The number of aryl methyl sites for hydroxylation is 1. The molecule has 1 aromatic heterocycles. The molecule has 2 N–H and O–H groups in total. The largest absolute Gasteiger partial charge is 0.355 e. The molecule has 0 saturated heterocycles. The lowest BCUT2D eigenvalue weighted by Gasteiger charge is -2.55. The Hall–Kier alpha value is -2.77. The number of carbonyl (C=O) groups is 2. The van der Waals surface area contributed by atoms with Crippen molar-refractivity contribution in [3.8, 4) is 5.69 Å². The normalized spacial score (nSPS) is 29.0. The topological polar surface area (TPSA) is 102 Å². The van der Waals surface area contributed by atoms with E-state index < -0.39 is 0 Å². The number of rotatable bonds is 6. The molecule has 8 heteroatoms. The van der Waals surface area contributed by atoms with Crippen molar-refractivity contribution in [3.63, 3.8) is 0 Å². The van der Waals surface area contributed by atoms with Gasteiger partial charge in [-0.15, -0.1) is 5.10 Å². The Morgan fingerprint density at radius 3 is 2.47 bits per heavy atom. The molecule has 4 bridgehead atoms. The van der Waals surface area contributed by atoms with Crippen LogP contribution >= 0.6 is 0 Å². The molecule has 2 amide bonds. The second kappa shape index (κ2) is 7.49. The van der Waals surface area contributed by atoms with Gasteiger partial charge in [0.2, 0.25) is 11.8 Å². The fourth-order valence-corrected chi connectivity index (χ4v) is 6.25. The first-order valence-corrected chi connectivity index (χ1v) is 10.9. The standard InChI is InChI=1S/C22H28N6O2/c1-14-2-3-18(28-13-24-26-27-28)9-19(14)25-20(29)4-5-23-21(30)22-10-15-6-16(11-22)8-17(7-15)12-22/h2-3,9,13,15-17H,4-8,10-12H2,1H3,(H,23,30)(H,25,29). The second-order valence-electron chi connectivity index (χ2n) is 9.51. The minimum absolute atomic E-state index is 0.113. The fourth-order valence-electron chi connectivity index (χ4n) is 6.25. The first kappa shape index (κ1) is 19.2. The zero-order chi connectivity index (χ0) is 20.7. The first-order valence-electron chi connectivity index (χ1n) is 10.9. The highest BCUT2D eigenvalue weighted by Gasteiger charge is 2.54. The number of benzene rings is 1. The molecule has 2 aromatic rings. The van der Waals surface area contributed by atoms with Gasteiger partial charge in [0.15, 0.2) is 0 Å². The molecule has 8 nitrogen and oxygen atoms in total. The third-order valence-electron chi connectivity index (χ3n) is 7.27. The maximum atomic E-state index is 13.0. The van der Waals surface area contributed by atoms with Gasteiger partial charge in [0.1, 0.15) is 6.33 Å². The molecule has 4 fully saturated rings. The van der Waals surface area contributed by atoms with Crippen molar-refractivity contribution >= 4 is 17.5 Å². The predicted molar refractivity (Wildman–Crippen MR) is 111 cm³/mol. The van der Waals surface area contributed by atoms with Crippen molar-refractivity contribution in [1.82, 2.24) is 25.5 Å². The molecule has 0 aliphatic heterocycles. The van der Waals surface area contributed by atoms with Gasteiger partial charge in [-0.3, -0.25) is 9.59 Å². The Bertz CT molecular complexity index is 919. The minimum Gasteiger partial charge on any atom is -0.355 e. The zero-order valence-electron chi connectivity index (χ0n) is 17.3. The van der Waals surface area contributed by atoms with Crippen LogP contribution in [0.4, 0.5) is 5.69 Å². The molecule has 0 spiro atoms. The quantitative estimate of drug-likeness (QED) is 0.765. The molecule has 4 saturated carbocycles. The van der Waals surface area contributed by atoms with E-state index in [9.17, 15) is 9.59 Å². The Balaban J connectivity index is 1.16. The molecule has 1 aromatic carbocycles. The van der Waals surface area contributed by atoms with Gasteiger partial charge >= 0.3 is 0 Å². The van der Waals surface area contributed by atoms with Gasteiger partial charge in [-0.1, -0.05) is 6.07 Å². The minimum atomic E-state index is -0.165. The average Bonchev–Trinajstić information content (AvgIpc) is 3.23. The van der Waals surface area contributed by atoms with E-state index in [0.717, 1.165) is 54.0 Å². The number of nitrogens with one attached hydrogen (secondary N) is 2. The molecule has 4 aliphatic carbocycles. The lowest BCUT2D eigenvalue weighted by molar-refractivity contribution is -0.146. The van der Waals surface area contributed by atoms with Gasteiger partial charge in [-0.05, 0) is 91.3 Å². The average molecular weight is 409 g/mol. The summed E-state index contributed by atoms with van der Waals surface area (Å²) in [6, 6.07) is 5.66. The van der Waals surface area contributed by atoms with Gasteiger partial charge in [0, 0.05) is 24.1 Å². The van der Waals surface area contributed by atoms with E-state index in [1.54, 1.807) is 4.68 Å². The first-order chi connectivity index (χ1) is 14.5. The number of hydrogen-bond acceptors (Lipinski definition) is 5. The van der Waals surface area contributed by atoms with Crippen molar-refractivity contribution in [2.45, 2.75) is 51.9 Å². The van der Waals surface area contributed by atoms with E-state index in [4.69, 9.17) is 0 Å². The van der Waals surface area contributed by atoms with Crippen LogP contribution in [-0.2, 0) is 9.59 Å². The van der Waals surface area contributed by atoms with Crippen LogP contribution in [0.1, 0.15) is 50.5 Å². The summed E-state index contributed by atoms with van der Waals surface area (Å²) in [5.74, 6) is 2.27. The molecule has 30 heavy (non-hydrogen) atoms. The molecule has 158 valence electrons. The van der Waals surface area contributed by atoms with Gasteiger partial charge in [0.25, 0.3) is 0 Å². The Morgan fingerprint density at radius 2 is 1.83 bits per heavy atom. The molecule has 4 aliphatic rings. The molecular weight excluding hydrogens is 380 g/mol. The molecule has 0 unspecified atom stereocenters. The molecule has 0 radical (unpaired) electrons. The number of aromatic nitrogens is 4. The highest BCUT2D eigenvalue weighted by Crippen LogP contribution is 2.60. The van der Waals surface area contributed by atoms with Crippen molar-refractivity contribution in [1.29, 1.82) is 0 Å². The maximum Gasteiger partial charge on any atom is 0.226 e. The molecule has 1 heterocycles. The lowest BCUT2D eigenvalue weighted by atomic mass is 9.49. The Morgan fingerprint density at radius 1 is 1.13 bits per heavy atom. The van der Waals surface area contributed by atoms with E-state index >= 15 is 0 Å². The molecule has 0 atom stereocenters. The maximum absolute atomic E-state index is 13.0. The van der Waals surface area contributed by atoms with E-state index in [1.807, 2.05) is 25.1 Å². The van der Waals surface area contributed by atoms with Gasteiger partial charge in [-0.25, -0.2) is 4.68 Å². The van der Waals surface area contributed by atoms with E-state index in [1.165, 1.54) is 25.6 Å². The van der Waals surface area contributed by atoms with E-state index in [2.05, 4.69) is 26.2 Å². The van der Waals surface area contributed by atoms with Gasteiger partial charge in [-0.2, -0.15) is 0 Å². The lowest BCUT2D eigenvalue weighted by Crippen LogP contribution is -2.53. The predicted octanol–water partition coefficient (Wildman–Crippen LogP) is 2.63. The van der Waals surface area contributed by atoms with Crippen LogP contribution in [0, 0.1) is 30.1 Å². The second-order valence-corrected chi connectivity index (χ2v) is 9.51. The zero-order valence-corrected chi connectivity index (χ0v) is 17.3. The number of amides is 2. The number of hydrogen-bond donors (Lipinski definition) is 2. The summed E-state index contributed by atoms with van der Waals surface area (Å²) in [6.45, 7) is 2.31. The van der Waals surface area contributed by atoms with E-state index in [-0.39, 0.29) is 23.7 Å². The van der Waals surface area contributed by atoms with Crippen LogP contribution in [0.15, 0.2) is 24.5 Å². The number of anilines is 1. The van der Waals surface area contributed by atoms with Gasteiger partial charge < -0.3 is 10.6 Å². The summed E-state index contributed by atoms with van der Waals surface area (Å²) >= 11 is 0. The van der Waals surface area contributed by atoms with Crippen LogP contribution < -0.4 is 10.6 Å². The fraction of sp³-hybridized carbons (Fsp3) is 0.591. The van der Waals surface area contributed by atoms with Gasteiger partial charge in [0.05, 0.1) is 5.69 Å². The van der Waals surface area contributed by atoms with E-state index in [0.29, 0.717) is 6.54 Å². The smallest absolute Gasteiger partial charge is 0.226 e.